The first-order chi connectivity index (χ1) is 7.98. The molecule has 0 spiro atoms. The van der Waals surface area contributed by atoms with Crippen LogP contribution in [-0.2, 0) is 10.2 Å². The molecule has 2 heterocycles. The van der Waals surface area contributed by atoms with Gasteiger partial charge < -0.3 is 9.47 Å². The van der Waals surface area contributed by atoms with Crippen LogP contribution in [0.5, 0.6) is 11.5 Å². The number of ether oxygens (including phenoxy) is 2. The van der Waals surface area contributed by atoms with Crippen molar-refractivity contribution < 1.29 is 14.3 Å². The highest BCUT2D eigenvalue weighted by Crippen LogP contribution is 2.46. The first-order valence-electron chi connectivity index (χ1n) is 5.56. The fourth-order valence-corrected chi connectivity index (χ4v) is 2.14. The van der Waals surface area contributed by atoms with E-state index in [1.807, 2.05) is 13.0 Å². The van der Waals surface area contributed by atoms with Gasteiger partial charge in [-0.1, -0.05) is 13.8 Å². The summed E-state index contributed by atoms with van der Waals surface area (Å²) in [5, 5.41) is 0. The number of aliphatic imine (C=N–C) groups is 1. The highest BCUT2D eigenvalue weighted by molar-refractivity contribution is 6.00. The molecule has 4 heteroatoms. The van der Waals surface area contributed by atoms with Gasteiger partial charge in [0.15, 0.2) is 18.1 Å². The number of fused-ring (bicyclic) bond motifs is 2. The Bertz CT molecular complexity index is 558. The molecule has 0 aliphatic carbocycles. The minimum atomic E-state index is -0.365. The van der Waals surface area contributed by atoms with Gasteiger partial charge in [-0.25, -0.2) is 4.79 Å². The van der Waals surface area contributed by atoms with Gasteiger partial charge in [0.05, 0.1) is 5.69 Å². The molecule has 3 rings (SSSR count). The molecule has 4 nitrogen and oxygen atoms in total. The quantitative estimate of drug-likeness (QED) is 0.508. The van der Waals surface area contributed by atoms with E-state index in [0.717, 1.165) is 17.0 Å². The number of hydrogen-bond donors (Lipinski definition) is 0. The molecule has 88 valence electrons. The molecule has 0 saturated heterocycles. The van der Waals surface area contributed by atoms with Gasteiger partial charge in [0.25, 0.3) is 0 Å². The maximum absolute atomic E-state index is 11.1. The summed E-state index contributed by atoms with van der Waals surface area (Å²) in [5.74, 6) is 0.728. The highest BCUT2D eigenvalue weighted by Gasteiger charge is 2.34. The molecule has 0 atom stereocenters. The Morgan fingerprint density at radius 1 is 1.29 bits per heavy atom. The molecular formula is C13H13NO3. The van der Waals surface area contributed by atoms with E-state index in [4.69, 9.17) is 9.47 Å². The maximum Gasteiger partial charge on any atom is 0.349 e. The Balaban J connectivity index is 2.16. The average Bonchev–Trinajstić information content (AvgIpc) is 2.47. The van der Waals surface area contributed by atoms with Crippen molar-refractivity contribution in [3.63, 3.8) is 0 Å². The molecule has 0 N–H and O–H groups in total. The monoisotopic (exact) mass is 231 g/mol. The second-order valence-corrected chi connectivity index (χ2v) is 4.90. The van der Waals surface area contributed by atoms with Crippen LogP contribution in [0, 0.1) is 0 Å². The fraction of sp³-hybridized carbons (Fsp3) is 0.385. The van der Waals surface area contributed by atoms with E-state index in [0.29, 0.717) is 11.5 Å². The zero-order valence-electron chi connectivity index (χ0n) is 10.0. The topological polar surface area (TPSA) is 47.9 Å². The van der Waals surface area contributed by atoms with E-state index in [2.05, 4.69) is 18.8 Å². The second kappa shape index (κ2) is 3.09. The molecule has 0 aromatic heterocycles. The molecule has 0 amide bonds. The van der Waals surface area contributed by atoms with Gasteiger partial charge in [-0.15, -0.1) is 0 Å². The SMILES string of the molecule is CC1=Nc2cc3c(cc2C1(C)C)OCC(=O)O3. The molecular weight excluding hydrogens is 218 g/mol. The van der Waals surface area contributed by atoms with Crippen LogP contribution < -0.4 is 9.47 Å². The van der Waals surface area contributed by atoms with E-state index in [-0.39, 0.29) is 18.0 Å². The van der Waals surface area contributed by atoms with Crippen LogP contribution in [-0.4, -0.2) is 18.3 Å². The average molecular weight is 231 g/mol. The van der Waals surface area contributed by atoms with Gasteiger partial charge in [0, 0.05) is 17.2 Å². The fourth-order valence-electron chi connectivity index (χ4n) is 2.14. The number of benzene rings is 1. The number of carbonyl (C=O) groups is 1. The van der Waals surface area contributed by atoms with E-state index >= 15 is 0 Å². The molecule has 0 saturated carbocycles. The number of rotatable bonds is 0. The smallest absolute Gasteiger partial charge is 0.349 e. The van der Waals surface area contributed by atoms with Gasteiger partial charge in [0.2, 0.25) is 0 Å². The van der Waals surface area contributed by atoms with Crippen LogP contribution in [0.2, 0.25) is 0 Å². The van der Waals surface area contributed by atoms with E-state index in [1.54, 1.807) is 6.07 Å². The third-order valence-electron chi connectivity index (χ3n) is 3.50. The summed E-state index contributed by atoms with van der Waals surface area (Å²) in [6.07, 6.45) is 0. The standard InChI is InChI=1S/C13H13NO3/c1-7-13(2,3)8-4-10-11(5-9(8)14-7)17-12(15)6-16-10/h4-5H,6H2,1-3H3. The van der Waals surface area contributed by atoms with Crippen LogP contribution in [0.25, 0.3) is 0 Å². The Morgan fingerprint density at radius 3 is 2.82 bits per heavy atom. The molecule has 1 aromatic carbocycles. The van der Waals surface area contributed by atoms with E-state index in [1.165, 1.54) is 0 Å². The first-order valence-corrected chi connectivity index (χ1v) is 5.56. The van der Waals surface area contributed by atoms with E-state index in [9.17, 15) is 4.79 Å². The third kappa shape index (κ3) is 1.37. The van der Waals surface area contributed by atoms with Gasteiger partial charge in [0.1, 0.15) is 0 Å². The van der Waals surface area contributed by atoms with Crippen LogP contribution in [0.15, 0.2) is 17.1 Å². The molecule has 0 radical (unpaired) electrons. The maximum atomic E-state index is 11.1. The first kappa shape index (κ1) is 10.3. The molecule has 0 fully saturated rings. The van der Waals surface area contributed by atoms with Gasteiger partial charge in [-0.3, -0.25) is 4.99 Å². The number of hydrogen-bond acceptors (Lipinski definition) is 4. The summed E-state index contributed by atoms with van der Waals surface area (Å²) in [5.41, 5.74) is 2.95. The number of carbonyl (C=O) groups excluding carboxylic acids is 1. The van der Waals surface area contributed by atoms with Crippen LogP contribution >= 0.6 is 0 Å². The van der Waals surface area contributed by atoms with Crippen molar-refractivity contribution in [1.82, 2.24) is 0 Å². The largest absolute Gasteiger partial charge is 0.478 e. The highest BCUT2D eigenvalue weighted by atomic mass is 16.6. The number of nitrogens with zero attached hydrogens (tertiary/aromatic N) is 1. The van der Waals surface area contributed by atoms with Crippen molar-refractivity contribution in [2.45, 2.75) is 26.2 Å². The molecule has 2 aliphatic rings. The minimum Gasteiger partial charge on any atom is -0.478 e. The van der Waals surface area contributed by atoms with Crippen molar-refractivity contribution in [2.75, 3.05) is 6.61 Å². The lowest BCUT2D eigenvalue weighted by atomic mass is 9.82. The van der Waals surface area contributed by atoms with Crippen molar-refractivity contribution in [3.8, 4) is 11.5 Å². The zero-order chi connectivity index (χ0) is 12.2. The number of esters is 1. The van der Waals surface area contributed by atoms with Crippen molar-refractivity contribution in [2.24, 2.45) is 4.99 Å². The Morgan fingerprint density at radius 2 is 2.06 bits per heavy atom. The predicted molar refractivity (Wildman–Crippen MR) is 63.4 cm³/mol. The van der Waals surface area contributed by atoms with Crippen molar-refractivity contribution >= 4 is 17.4 Å². The molecule has 17 heavy (non-hydrogen) atoms. The van der Waals surface area contributed by atoms with E-state index < -0.39 is 0 Å². The van der Waals surface area contributed by atoms with Crippen LogP contribution in [0.1, 0.15) is 26.3 Å². The van der Waals surface area contributed by atoms with Crippen molar-refractivity contribution in [3.05, 3.63) is 17.7 Å². The Labute approximate surface area is 99.3 Å². The summed E-state index contributed by atoms with van der Waals surface area (Å²) < 4.78 is 10.5. The molecule has 0 bridgehead atoms. The Hall–Kier alpha value is -1.84. The van der Waals surface area contributed by atoms with Gasteiger partial charge in [-0.2, -0.15) is 0 Å². The predicted octanol–water partition coefficient (Wildman–Crippen LogP) is 2.37. The lowest BCUT2D eigenvalue weighted by Gasteiger charge is -2.22. The summed E-state index contributed by atoms with van der Waals surface area (Å²) in [4.78, 5) is 15.6. The summed E-state index contributed by atoms with van der Waals surface area (Å²) in [6, 6.07) is 3.71. The van der Waals surface area contributed by atoms with Crippen LogP contribution in [0.4, 0.5) is 5.69 Å². The normalized spacial score (nSPS) is 19.9. The Kier molecular flexibility index (Phi) is 1.88. The molecule has 2 aliphatic heterocycles. The summed E-state index contributed by atoms with van der Waals surface area (Å²) in [7, 11) is 0. The van der Waals surface area contributed by atoms with Crippen molar-refractivity contribution in [1.29, 1.82) is 0 Å². The minimum absolute atomic E-state index is 0.0218. The molecule has 1 aromatic rings. The van der Waals surface area contributed by atoms with Gasteiger partial charge in [-0.05, 0) is 18.6 Å². The summed E-state index contributed by atoms with van der Waals surface area (Å²) >= 11 is 0. The molecule has 0 unspecified atom stereocenters. The van der Waals surface area contributed by atoms with Gasteiger partial charge >= 0.3 is 5.97 Å². The van der Waals surface area contributed by atoms with Crippen LogP contribution in [0.3, 0.4) is 0 Å². The lowest BCUT2D eigenvalue weighted by Crippen LogP contribution is -2.25. The third-order valence-corrected chi connectivity index (χ3v) is 3.50. The summed E-state index contributed by atoms with van der Waals surface area (Å²) in [6.45, 7) is 6.23. The zero-order valence-corrected chi connectivity index (χ0v) is 10.0. The second-order valence-electron chi connectivity index (χ2n) is 4.90. The lowest BCUT2D eigenvalue weighted by molar-refractivity contribution is -0.138.